The Kier molecular flexibility index (Phi) is 8.12. The van der Waals surface area contributed by atoms with Crippen LogP contribution in [0.1, 0.15) is 38.3 Å². The molecule has 0 aliphatic carbocycles. The Labute approximate surface area is 106 Å². The third-order valence-electron chi connectivity index (χ3n) is 2.52. The number of hydrogen-bond donors (Lipinski definition) is 0. The minimum Gasteiger partial charge on any atom is -0.346 e. The predicted molar refractivity (Wildman–Crippen MR) is 74.2 cm³/mol. The van der Waals surface area contributed by atoms with Crippen molar-refractivity contribution in [2.45, 2.75) is 40.5 Å². The molecular formula is C15H25NO. The number of carbonyl (C=O) groups excluding carboxylic acids is 1. The largest absolute Gasteiger partial charge is 0.346 e. The summed E-state index contributed by atoms with van der Waals surface area (Å²) in [4.78, 5) is 12.7. The molecule has 0 saturated heterocycles. The van der Waals surface area contributed by atoms with Gasteiger partial charge in [0.25, 0.3) is 0 Å². The van der Waals surface area contributed by atoms with Crippen molar-refractivity contribution < 1.29 is 4.79 Å². The molecule has 0 bridgehead atoms. The highest BCUT2D eigenvalue weighted by atomic mass is 16.2. The molecule has 1 rings (SSSR count). The smallest absolute Gasteiger partial charge is 0.219 e. The molecule has 0 saturated carbocycles. The normalized spacial score (nSPS) is 9.24. The molecule has 17 heavy (non-hydrogen) atoms. The summed E-state index contributed by atoms with van der Waals surface area (Å²) in [6.45, 7) is 8.74. The highest BCUT2D eigenvalue weighted by Crippen LogP contribution is 2.07. The van der Waals surface area contributed by atoms with E-state index in [4.69, 9.17) is 0 Å². The van der Waals surface area contributed by atoms with Crippen LogP contribution in [0.25, 0.3) is 0 Å². The topological polar surface area (TPSA) is 20.3 Å². The van der Waals surface area contributed by atoms with Crippen molar-refractivity contribution in [2.75, 3.05) is 13.6 Å². The van der Waals surface area contributed by atoms with Crippen molar-refractivity contribution in [3.8, 4) is 0 Å². The first-order chi connectivity index (χ1) is 8.02. The molecule has 0 radical (unpaired) electrons. The van der Waals surface area contributed by atoms with Gasteiger partial charge in [-0.2, -0.15) is 0 Å². The second-order valence-electron chi connectivity index (χ2n) is 4.32. The summed E-state index contributed by atoms with van der Waals surface area (Å²) in [5, 5.41) is 0. The molecule has 0 fully saturated rings. The van der Waals surface area contributed by atoms with E-state index in [1.54, 1.807) is 11.8 Å². The molecule has 0 heterocycles. The van der Waals surface area contributed by atoms with E-state index < -0.39 is 0 Å². The fourth-order valence-electron chi connectivity index (χ4n) is 1.34. The van der Waals surface area contributed by atoms with Crippen LogP contribution in [0.4, 0.5) is 0 Å². The first kappa shape index (κ1) is 15.7. The summed E-state index contributed by atoms with van der Waals surface area (Å²) in [7, 11) is 1.83. The van der Waals surface area contributed by atoms with Crippen molar-refractivity contribution in [2.24, 2.45) is 0 Å². The zero-order valence-corrected chi connectivity index (χ0v) is 11.8. The zero-order valence-electron chi connectivity index (χ0n) is 11.8. The summed E-state index contributed by atoms with van der Waals surface area (Å²) in [6, 6.07) is 8.29. The maximum Gasteiger partial charge on any atom is 0.219 e. The number of rotatable bonds is 3. The first-order valence-corrected chi connectivity index (χ1v) is 6.29. The Morgan fingerprint density at radius 1 is 1.24 bits per heavy atom. The first-order valence-electron chi connectivity index (χ1n) is 6.29. The SMILES string of the molecule is CC(=O)N(C)CCc1ccccc1C.CCC. The van der Waals surface area contributed by atoms with E-state index in [9.17, 15) is 4.79 Å². The minimum atomic E-state index is 0.124. The minimum absolute atomic E-state index is 0.124. The highest BCUT2D eigenvalue weighted by molar-refractivity contribution is 5.72. The van der Waals surface area contributed by atoms with E-state index in [1.807, 2.05) is 19.2 Å². The summed E-state index contributed by atoms with van der Waals surface area (Å²) in [5.41, 5.74) is 2.62. The molecule has 0 N–H and O–H groups in total. The number of hydrogen-bond acceptors (Lipinski definition) is 1. The van der Waals surface area contributed by atoms with Crippen LogP contribution >= 0.6 is 0 Å². The Morgan fingerprint density at radius 3 is 2.24 bits per heavy atom. The van der Waals surface area contributed by atoms with Crippen LogP contribution in [0.2, 0.25) is 0 Å². The number of likely N-dealkylation sites (N-methyl/N-ethyl adjacent to an activating group) is 1. The Hall–Kier alpha value is -1.31. The van der Waals surface area contributed by atoms with Crippen molar-refractivity contribution in [1.29, 1.82) is 0 Å². The van der Waals surface area contributed by atoms with Gasteiger partial charge in [-0.15, -0.1) is 0 Å². The maximum absolute atomic E-state index is 11.0. The van der Waals surface area contributed by atoms with Gasteiger partial charge in [-0.1, -0.05) is 44.5 Å². The lowest BCUT2D eigenvalue weighted by Gasteiger charge is -2.15. The number of amides is 1. The van der Waals surface area contributed by atoms with Crippen molar-refractivity contribution in [1.82, 2.24) is 4.90 Å². The van der Waals surface area contributed by atoms with E-state index in [0.29, 0.717) is 0 Å². The Balaban J connectivity index is 0.000000770. The van der Waals surface area contributed by atoms with Crippen LogP contribution in [0.3, 0.4) is 0 Å². The van der Waals surface area contributed by atoms with Crippen LogP contribution in [-0.2, 0) is 11.2 Å². The van der Waals surface area contributed by atoms with Gasteiger partial charge in [-0.05, 0) is 24.5 Å². The molecule has 2 nitrogen and oxygen atoms in total. The molecule has 2 heteroatoms. The summed E-state index contributed by atoms with van der Waals surface area (Å²) in [5.74, 6) is 0.124. The van der Waals surface area contributed by atoms with Gasteiger partial charge in [0.05, 0.1) is 0 Å². The van der Waals surface area contributed by atoms with Gasteiger partial charge in [0, 0.05) is 20.5 Å². The molecule has 0 unspecified atom stereocenters. The molecule has 96 valence electrons. The van der Waals surface area contributed by atoms with Crippen LogP contribution in [0.15, 0.2) is 24.3 Å². The van der Waals surface area contributed by atoms with E-state index >= 15 is 0 Å². The van der Waals surface area contributed by atoms with Crippen molar-refractivity contribution in [3.63, 3.8) is 0 Å². The van der Waals surface area contributed by atoms with Crippen molar-refractivity contribution >= 4 is 5.91 Å². The van der Waals surface area contributed by atoms with Crippen molar-refractivity contribution in [3.05, 3.63) is 35.4 Å². The van der Waals surface area contributed by atoms with Gasteiger partial charge < -0.3 is 4.90 Å². The zero-order chi connectivity index (χ0) is 13.3. The lowest BCUT2D eigenvalue weighted by Crippen LogP contribution is -2.26. The molecule has 0 aliphatic heterocycles. The molecule has 0 spiro atoms. The highest BCUT2D eigenvalue weighted by Gasteiger charge is 2.03. The van der Waals surface area contributed by atoms with Gasteiger partial charge in [0.2, 0.25) is 5.91 Å². The van der Waals surface area contributed by atoms with E-state index in [-0.39, 0.29) is 5.91 Å². The summed E-state index contributed by atoms with van der Waals surface area (Å²) in [6.07, 6.45) is 2.18. The lowest BCUT2D eigenvalue weighted by atomic mass is 10.1. The molecule has 0 aliphatic rings. The van der Waals surface area contributed by atoms with E-state index in [1.165, 1.54) is 17.5 Å². The number of carbonyl (C=O) groups is 1. The summed E-state index contributed by atoms with van der Waals surface area (Å²) < 4.78 is 0. The second kappa shape index (κ2) is 8.80. The lowest BCUT2D eigenvalue weighted by molar-refractivity contribution is -0.127. The monoisotopic (exact) mass is 235 g/mol. The molecule has 1 aromatic rings. The van der Waals surface area contributed by atoms with Gasteiger partial charge in [0.15, 0.2) is 0 Å². The third kappa shape index (κ3) is 6.77. The van der Waals surface area contributed by atoms with Gasteiger partial charge in [0.1, 0.15) is 0 Å². The average molecular weight is 235 g/mol. The standard InChI is InChI=1S/C12H17NO.C3H8/c1-10-6-4-5-7-12(10)8-9-13(3)11(2)14;1-3-2/h4-7H,8-9H2,1-3H3;3H2,1-2H3. The Bertz CT molecular complexity index is 333. The van der Waals surface area contributed by atoms with Gasteiger partial charge in [-0.25, -0.2) is 0 Å². The maximum atomic E-state index is 11.0. The number of nitrogens with zero attached hydrogens (tertiary/aromatic N) is 1. The molecular weight excluding hydrogens is 210 g/mol. The van der Waals surface area contributed by atoms with E-state index in [0.717, 1.165) is 13.0 Å². The molecule has 0 aromatic heterocycles. The van der Waals surface area contributed by atoms with Crippen LogP contribution < -0.4 is 0 Å². The predicted octanol–water partition coefficient (Wildman–Crippen LogP) is 3.43. The van der Waals surface area contributed by atoms with Crippen LogP contribution in [0.5, 0.6) is 0 Å². The van der Waals surface area contributed by atoms with Gasteiger partial charge in [-0.3, -0.25) is 4.79 Å². The third-order valence-corrected chi connectivity index (χ3v) is 2.52. The average Bonchev–Trinajstić information content (AvgIpc) is 2.28. The second-order valence-corrected chi connectivity index (χ2v) is 4.32. The quantitative estimate of drug-likeness (QED) is 0.786. The number of benzene rings is 1. The fourth-order valence-corrected chi connectivity index (χ4v) is 1.34. The summed E-state index contributed by atoms with van der Waals surface area (Å²) >= 11 is 0. The van der Waals surface area contributed by atoms with Gasteiger partial charge >= 0.3 is 0 Å². The van der Waals surface area contributed by atoms with E-state index in [2.05, 4.69) is 32.9 Å². The molecule has 0 atom stereocenters. The number of aryl methyl sites for hydroxylation is 1. The van der Waals surface area contributed by atoms with Crippen LogP contribution in [0, 0.1) is 6.92 Å². The molecule has 1 amide bonds. The molecule has 1 aromatic carbocycles. The van der Waals surface area contributed by atoms with Crippen LogP contribution in [-0.4, -0.2) is 24.4 Å². The Morgan fingerprint density at radius 2 is 1.76 bits per heavy atom. The fraction of sp³-hybridized carbons (Fsp3) is 0.533.